The van der Waals surface area contributed by atoms with Gasteiger partial charge in [0.05, 0.1) is 0 Å². The van der Waals surface area contributed by atoms with E-state index in [0.29, 0.717) is 5.56 Å². The number of halogens is 3. The van der Waals surface area contributed by atoms with Gasteiger partial charge in [-0.15, -0.1) is 0 Å². The summed E-state index contributed by atoms with van der Waals surface area (Å²) in [5, 5.41) is 2.14. The minimum Gasteiger partial charge on any atom is -0.451 e. The van der Waals surface area contributed by atoms with Crippen LogP contribution in [0.1, 0.15) is 12.5 Å². The lowest BCUT2D eigenvalue weighted by molar-refractivity contribution is -0.183. The molecule has 0 bridgehead atoms. The molecule has 0 aromatic heterocycles. The highest BCUT2D eigenvalue weighted by Crippen LogP contribution is 2.15. The number of benzene rings is 1. The van der Waals surface area contributed by atoms with E-state index in [1.807, 2.05) is 0 Å². The lowest BCUT2D eigenvalue weighted by atomic mass is 10.2. The molecule has 0 radical (unpaired) electrons. The third-order valence-corrected chi connectivity index (χ3v) is 2.01. The van der Waals surface area contributed by atoms with Crippen molar-refractivity contribution in [2.45, 2.75) is 13.1 Å². The standard InChI is InChI=1S/C13H12F3NO3/c1-9(18)17-11(7-10-5-3-2-4-6-10)12(19)20-8-13(14,15)16/h2-7H,8H2,1H3,(H,17,18). The highest BCUT2D eigenvalue weighted by molar-refractivity contribution is 5.97. The van der Waals surface area contributed by atoms with Crippen molar-refractivity contribution in [1.82, 2.24) is 5.32 Å². The summed E-state index contributed by atoms with van der Waals surface area (Å²) in [5.41, 5.74) is 0.188. The summed E-state index contributed by atoms with van der Waals surface area (Å²) in [5.74, 6) is -1.84. The molecule has 0 spiro atoms. The molecule has 0 heterocycles. The maximum atomic E-state index is 12.0. The smallest absolute Gasteiger partial charge is 0.422 e. The van der Waals surface area contributed by atoms with Gasteiger partial charge in [0, 0.05) is 6.92 Å². The minimum atomic E-state index is -4.62. The van der Waals surface area contributed by atoms with Crippen molar-refractivity contribution in [3.8, 4) is 0 Å². The molecule has 7 heteroatoms. The van der Waals surface area contributed by atoms with Crippen molar-refractivity contribution in [2.24, 2.45) is 0 Å². The number of carbonyl (C=O) groups is 2. The molecule has 1 aromatic carbocycles. The lowest BCUT2D eigenvalue weighted by Gasteiger charge is -2.10. The molecular formula is C13H12F3NO3. The number of nitrogens with one attached hydrogen (secondary N) is 1. The van der Waals surface area contributed by atoms with E-state index in [9.17, 15) is 22.8 Å². The van der Waals surface area contributed by atoms with Crippen molar-refractivity contribution >= 4 is 18.0 Å². The summed E-state index contributed by atoms with van der Waals surface area (Å²) in [6.07, 6.45) is -3.39. The van der Waals surface area contributed by atoms with Crippen molar-refractivity contribution in [2.75, 3.05) is 6.61 Å². The van der Waals surface area contributed by atoms with E-state index < -0.39 is 24.7 Å². The maximum Gasteiger partial charge on any atom is 0.422 e. The van der Waals surface area contributed by atoms with Crippen LogP contribution in [-0.2, 0) is 14.3 Å². The maximum absolute atomic E-state index is 12.0. The molecule has 0 aliphatic rings. The van der Waals surface area contributed by atoms with Gasteiger partial charge in [0.1, 0.15) is 5.70 Å². The first-order chi connectivity index (χ1) is 9.28. The number of amides is 1. The Balaban J connectivity index is 2.87. The van der Waals surface area contributed by atoms with Crippen LogP contribution in [0.25, 0.3) is 6.08 Å². The average Bonchev–Trinajstić information content (AvgIpc) is 2.35. The zero-order valence-electron chi connectivity index (χ0n) is 10.5. The number of hydrogen-bond acceptors (Lipinski definition) is 3. The molecule has 1 aromatic rings. The molecular weight excluding hydrogens is 275 g/mol. The second-order valence-corrected chi connectivity index (χ2v) is 3.84. The van der Waals surface area contributed by atoms with Gasteiger partial charge in [0.25, 0.3) is 0 Å². The van der Waals surface area contributed by atoms with Gasteiger partial charge in [-0.05, 0) is 11.6 Å². The molecule has 0 saturated carbocycles. The Labute approximate surface area is 113 Å². The van der Waals surface area contributed by atoms with Gasteiger partial charge in [0.15, 0.2) is 6.61 Å². The van der Waals surface area contributed by atoms with Gasteiger partial charge in [0.2, 0.25) is 5.91 Å². The summed E-state index contributed by atoms with van der Waals surface area (Å²) in [6.45, 7) is -0.576. The number of hydrogen-bond donors (Lipinski definition) is 1. The molecule has 1 amide bonds. The Kier molecular flexibility index (Phi) is 5.31. The van der Waals surface area contributed by atoms with Crippen LogP contribution < -0.4 is 5.32 Å². The monoisotopic (exact) mass is 287 g/mol. The highest BCUT2D eigenvalue weighted by atomic mass is 19.4. The second kappa shape index (κ2) is 6.74. The number of alkyl halides is 3. The molecule has 0 unspecified atom stereocenters. The fraction of sp³-hybridized carbons (Fsp3) is 0.231. The average molecular weight is 287 g/mol. The Bertz CT molecular complexity index is 509. The zero-order chi connectivity index (χ0) is 15.2. The van der Waals surface area contributed by atoms with E-state index in [-0.39, 0.29) is 5.70 Å². The van der Waals surface area contributed by atoms with Crippen LogP contribution >= 0.6 is 0 Å². The summed E-state index contributed by atoms with van der Waals surface area (Å²) in [7, 11) is 0. The largest absolute Gasteiger partial charge is 0.451 e. The van der Waals surface area contributed by atoms with E-state index in [2.05, 4.69) is 10.1 Å². The topological polar surface area (TPSA) is 55.4 Å². The number of rotatable bonds is 4. The van der Waals surface area contributed by atoms with Gasteiger partial charge in [-0.1, -0.05) is 30.3 Å². The fourth-order valence-corrected chi connectivity index (χ4v) is 1.28. The Morgan fingerprint density at radius 2 is 1.85 bits per heavy atom. The Hall–Kier alpha value is -2.31. The first-order valence-corrected chi connectivity index (χ1v) is 5.56. The number of carbonyl (C=O) groups excluding carboxylic acids is 2. The highest BCUT2D eigenvalue weighted by Gasteiger charge is 2.30. The molecule has 108 valence electrons. The molecule has 0 aliphatic heterocycles. The zero-order valence-corrected chi connectivity index (χ0v) is 10.5. The van der Waals surface area contributed by atoms with Crippen LogP contribution in [0.5, 0.6) is 0 Å². The SMILES string of the molecule is CC(=O)NC(=Cc1ccccc1)C(=O)OCC(F)(F)F. The third kappa shape index (κ3) is 6.03. The van der Waals surface area contributed by atoms with Crippen LogP contribution in [-0.4, -0.2) is 24.7 Å². The quantitative estimate of drug-likeness (QED) is 0.682. The van der Waals surface area contributed by atoms with E-state index in [1.165, 1.54) is 6.08 Å². The minimum absolute atomic E-state index is 0.354. The van der Waals surface area contributed by atoms with Crippen LogP contribution in [0.15, 0.2) is 36.0 Å². The molecule has 1 N–H and O–H groups in total. The molecule has 20 heavy (non-hydrogen) atoms. The van der Waals surface area contributed by atoms with E-state index >= 15 is 0 Å². The third-order valence-electron chi connectivity index (χ3n) is 2.01. The molecule has 0 fully saturated rings. The Morgan fingerprint density at radius 3 is 2.35 bits per heavy atom. The van der Waals surface area contributed by atoms with Gasteiger partial charge in [-0.3, -0.25) is 4.79 Å². The van der Waals surface area contributed by atoms with Crippen LogP contribution in [0.4, 0.5) is 13.2 Å². The Morgan fingerprint density at radius 1 is 1.25 bits per heavy atom. The normalized spacial score (nSPS) is 11.9. The molecule has 1 rings (SSSR count). The van der Waals surface area contributed by atoms with Crippen LogP contribution in [0, 0.1) is 0 Å². The van der Waals surface area contributed by atoms with E-state index in [0.717, 1.165) is 6.92 Å². The lowest BCUT2D eigenvalue weighted by Crippen LogP contribution is -2.29. The molecule has 4 nitrogen and oxygen atoms in total. The second-order valence-electron chi connectivity index (χ2n) is 3.84. The molecule has 0 aliphatic carbocycles. The predicted molar refractivity (Wildman–Crippen MR) is 65.2 cm³/mol. The van der Waals surface area contributed by atoms with Gasteiger partial charge < -0.3 is 10.1 Å². The van der Waals surface area contributed by atoms with Gasteiger partial charge in [-0.25, -0.2) is 4.79 Å². The summed E-state index contributed by atoms with van der Waals surface area (Å²) in [4.78, 5) is 22.5. The molecule has 0 atom stereocenters. The van der Waals surface area contributed by atoms with Crippen molar-refractivity contribution in [3.05, 3.63) is 41.6 Å². The first-order valence-electron chi connectivity index (χ1n) is 5.56. The first kappa shape index (κ1) is 15.7. The van der Waals surface area contributed by atoms with Crippen LogP contribution in [0.2, 0.25) is 0 Å². The van der Waals surface area contributed by atoms with E-state index in [4.69, 9.17) is 0 Å². The van der Waals surface area contributed by atoms with Crippen LogP contribution in [0.3, 0.4) is 0 Å². The van der Waals surface area contributed by atoms with E-state index in [1.54, 1.807) is 30.3 Å². The number of esters is 1. The van der Waals surface area contributed by atoms with Gasteiger partial charge >= 0.3 is 12.1 Å². The summed E-state index contributed by atoms with van der Waals surface area (Å²) < 4.78 is 40.0. The van der Waals surface area contributed by atoms with Crippen molar-refractivity contribution in [3.63, 3.8) is 0 Å². The van der Waals surface area contributed by atoms with Crippen molar-refractivity contribution in [1.29, 1.82) is 0 Å². The van der Waals surface area contributed by atoms with Crippen molar-refractivity contribution < 1.29 is 27.5 Å². The predicted octanol–water partition coefficient (Wildman–Crippen LogP) is 2.27. The fourth-order valence-electron chi connectivity index (χ4n) is 1.28. The van der Waals surface area contributed by atoms with Gasteiger partial charge in [-0.2, -0.15) is 13.2 Å². The summed E-state index contributed by atoms with van der Waals surface area (Å²) in [6, 6.07) is 8.34. The number of ether oxygens (including phenoxy) is 1. The summed E-state index contributed by atoms with van der Waals surface area (Å²) >= 11 is 0. The molecule has 0 saturated heterocycles.